The number of alkyl halides is 3. The van der Waals surface area contributed by atoms with E-state index in [0.29, 0.717) is 60.4 Å². The van der Waals surface area contributed by atoms with Crippen molar-refractivity contribution in [2.24, 2.45) is 0 Å². The molecule has 2 aromatic heterocycles. The smallest absolute Gasteiger partial charge is 0.393 e. The molecule has 0 atom stereocenters. The van der Waals surface area contributed by atoms with Gasteiger partial charge in [-0.15, -0.1) is 0 Å². The van der Waals surface area contributed by atoms with Crippen molar-refractivity contribution in [3.05, 3.63) is 71.7 Å². The summed E-state index contributed by atoms with van der Waals surface area (Å²) in [6.45, 7) is 4.58. The Morgan fingerprint density at radius 3 is 2.44 bits per heavy atom. The summed E-state index contributed by atoms with van der Waals surface area (Å²) in [4.78, 5) is 23.2. The molecule has 226 valence electrons. The first-order valence-electron chi connectivity index (χ1n) is 13.7. The Balaban J connectivity index is 1.34. The van der Waals surface area contributed by atoms with Crippen molar-refractivity contribution in [2.75, 3.05) is 46.3 Å². The van der Waals surface area contributed by atoms with Crippen LogP contribution in [0.5, 0.6) is 0 Å². The van der Waals surface area contributed by atoms with Gasteiger partial charge >= 0.3 is 12.2 Å². The van der Waals surface area contributed by atoms with Crippen LogP contribution in [0.15, 0.2) is 54.9 Å². The first-order chi connectivity index (χ1) is 20.5. The molecule has 4 aromatic rings. The maximum absolute atomic E-state index is 13.7. The van der Waals surface area contributed by atoms with Crippen molar-refractivity contribution in [2.45, 2.75) is 39.0 Å². The summed E-state index contributed by atoms with van der Waals surface area (Å²) in [6.07, 6.45) is -2.72. The largest absolute Gasteiger partial charge is 0.416 e. The summed E-state index contributed by atoms with van der Waals surface area (Å²) in [6, 6.07) is 11.6. The fraction of sp³-hybridized carbons (Fsp3) is 0.310. The second kappa shape index (κ2) is 12.2. The molecular formula is C29H32F3N9O2. The van der Waals surface area contributed by atoms with Gasteiger partial charge in [0.15, 0.2) is 5.82 Å². The normalized spacial score (nSPS) is 14.0. The highest BCUT2D eigenvalue weighted by Gasteiger charge is 2.32. The van der Waals surface area contributed by atoms with E-state index in [0.717, 1.165) is 23.4 Å². The third-order valence-electron chi connectivity index (χ3n) is 7.05. The van der Waals surface area contributed by atoms with E-state index in [1.807, 2.05) is 26.0 Å². The van der Waals surface area contributed by atoms with Gasteiger partial charge < -0.3 is 31.3 Å². The first kappa shape index (κ1) is 29.6. The Morgan fingerprint density at radius 2 is 1.72 bits per heavy atom. The Hall–Kier alpha value is -4.85. The number of hydrogen-bond acceptors (Lipinski definition) is 8. The number of urea groups is 1. The Labute approximate surface area is 246 Å². The van der Waals surface area contributed by atoms with Gasteiger partial charge in [0.25, 0.3) is 0 Å². The number of aliphatic hydroxyl groups is 1. The number of anilines is 6. The number of benzene rings is 2. The van der Waals surface area contributed by atoms with Gasteiger partial charge in [-0.1, -0.05) is 6.07 Å². The molecule has 11 nitrogen and oxygen atoms in total. The van der Waals surface area contributed by atoms with Crippen LogP contribution in [0, 0.1) is 13.8 Å². The molecule has 0 radical (unpaired) electrons. The number of aliphatic hydroxyl groups excluding tert-OH is 1. The van der Waals surface area contributed by atoms with E-state index in [1.165, 1.54) is 12.4 Å². The molecule has 1 aliphatic heterocycles. The van der Waals surface area contributed by atoms with Crippen molar-refractivity contribution in [1.82, 2.24) is 19.7 Å². The van der Waals surface area contributed by atoms with Gasteiger partial charge in [0.2, 0.25) is 0 Å². The first-order valence-corrected chi connectivity index (χ1v) is 13.7. The second-order valence-corrected chi connectivity index (χ2v) is 10.3. The summed E-state index contributed by atoms with van der Waals surface area (Å²) in [7, 11) is 1.75. The van der Waals surface area contributed by atoms with Gasteiger partial charge in [0.1, 0.15) is 18.0 Å². The molecular weight excluding hydrogens is 563 g/mol. The number of carbonyl (C=O) groups excluding carboxylic acids is 1. The van der Waals surface area contributed by atoms with E-state index >= 15 is 0 Å². The number of piperidine rings is 1. The molecule has 0 spiro atoms. The number of nitrogens with one attached hydrogen (secondary N) is 4. The van der Waals surface area contributed by atoms with E-state index in [2.05, 4.69) is 36.3 Å². The molecule has 0 unspecified atom stereocenters. The van der Waals surface area contributed by atoms with E-state index in [-0.39, 0.29) is 5.69 Å². The average molecular weight is 596 g/mol. The van der Waals surface area contributed by atoms with Gasteiger partial charge in [-0.3, -0.25) is 0 Å². The fourth-order valence-electron chi connectivity index (χ4n) is 4.78. The number of hydrogen-bond donors (Lipinski definition) is 5. The zero-order valence-corrected chi connectivity index (χ0v) is 23.8. The molecule has 1 aliphatic rings. The molecule has 14 heteroatoms. The van der Waals surface area contributed by atoms with Crippen LogP contribution in [0.2, 0.25) is 0 Å². The molecule has 3 heterocycles. The number of aromatic nitrogens is 4. The summed E-state index contributed by atoms with van der Waals surface area (Å²) in [5, 5.41) is 25.9. The Morgan fingerprint density at radius 1 is 0.977 bits per heavy atom. The van der Waals surface area contributed by atoms with E-state index < -0.39 is 23.9 Å². The van der Waals surface area contributed by atoms with Gasteiger partial charge in [0.05, 0.1) is 17.4 Å². The predicted molar refractivity (Wildman–Crippen MR) is 159 cm³/mol. The molecule has 2 amide bonds. The standard InChI is InChI=1S/C29H32F3N9O2/c1-17-4-5-20(14-24(17)38-27-10-18(2)39-41(27)26-15-25(33-3)34-16-35-26)36-28(43)37-21-11-19(29(30,31)32)12-22(13-21)40-8-6-23(42)7-9-40/h4-5,10-16,23,38,42H,6-9H2,1-3H3,(H,33,34,35)(H2,36,37,43). The Bertz CT molecular complexity index is 1620. The second-order valence-electron chi connectivity index (χ2n) is 10.3. The molecule has 0 aliphatic carbocycles. The van der Waals surface area contributed by atoms with E-state index in [4.69, 9.17) is 0 Å². The van der Waals surface area contributed by atoms with Crippen molar-refractivity contribution >= 4 is 40.4 Å². The van der Waals surface area contributed by atoms with Crippen molar-refractivity contribution in [1.29, 1.82) is 0 Å². The topological polar surface area (TPSA) is 132 Å². The highest BCUT2D eigenvalue weighted by molar-refractivity contribution is 6.00. The zero-order chi connectivity index (χ0) is 30.7. The van der Waals surface area contributed by atoms with Crippen molar-refractivity contribution in [3.8, 4) is 5.82 Å². The number of halogens is 3. The van der Waals surface area contributed by atoms with Gasteiger partial charge in [-0.05, 0) is 62.6 Å². The number of amides is 2. The number of carbonyl (C=O) groups is 1. The summed E-state index contributed by atoms with van der Waals surface area (Å²) in [5.41, 5.74) is 2.19. The van der Waals surface area contributed by atoms with Crippen LogP contribution in [0.3, 0.4) is 0 Å². The predicted octanol–water partition coefficient (Wildman–Crippen LogP) is 5.69. The lowest BCUT2D eigenvalue weighted by Gasteiger charge is -2.32. The van der Waals surface area contributed by atoms with Crippen LogP contribution >= 0.6 is 0 Å². The van der Waals surface area contributed by atoms with Crippen LogP contribution in [0.1, 0.15) is 29.7 Å². The fourth-order valence-corrected chi connectivity index (χ4v) is 4.78. The van der Waals surface area contributed by atoms with Gasteiger partial charge in [-0.25, -0.2) is 14.8 Å². The van der Waals surface area contributed by atoms with Crippen LogP contribution in [0.25, 0.3) is 5.82 Å². The molecule has 5 N–H and O–H groups in total. The number of rotatable bonds is 7. The molecule has 0 bridgehead atoms. The monoisotopic (exact) mass is 595 g/mol. The van der Waals surface area contributed by atoms with Crippen LogP contribution < -0.4 is 26.2 Å². The highest BCUT2D eigenvalue weighted by atomic mass is 19.4. The molecule has 1 saturated heterocycles. The van der Waals surface area contributed by atoms with Gasteiger partial charge in [0, 0.05) is 55.0 Å². The summed E-state index contributed by atoms with van der Waals surface area (Å²) < 4.78 is 42.7. The third kappa shape index (κ3) is 7.15. The lowest BCUT2D eigenvalue weighted by atomic mass is 10.1. The van der Waals surface area contributed by atoms with Crippen LogP contribution in [-0.4, -0.2) is 57.1 Å². The van der Waals surface area contributed by atoms with Crippen LogP contribution in [-0.2, 0) is 6.18 Å². The minimum atomic E-state index is -4.60. The third-order valence-corrected chi connectivity index (χ3v) is 7.05. The van der Waals surface area contributed by atoms with Crippen LogP contribution in [0.4, 0.5) is 52.4 Å². The van der Waals surface area contributed by atoms with Crippen molar-refractivity contribution < 1.29 is 23.1 Å². The maximum Gasteiger partial charge on any atom is 0.416 e. The quantitative estimate of drug-likeness (QED) is 0.184. The minimum Gasteiger partial charge on any atom is -0.393 e. The summed E-state index contributed by atoms with van der Waals surface area (Å²) in [5.74, 6) is 1.80. The maximum atomic E-state index is 13.7. The van der Waals surface area contributed by atoms with E-state index in [1.54, 1.807) is 34.8 Å². The lowest BCUT2D eigenvalue weighted by Crippen LogP contribution is -2.36. The van der Waals surface area contributed by atoms with E-state index in [9.17, 15) is 23.1 Å². The van der Waals surface area contributed by atoms with Crippen molar-refractivity contribution in [3.63, 3.8) is 0 Å². The molecule has 2 aromatic carbocycles. The highest BCUT2D eigenvalue weighted by Crippen LogP contribution is 2.35. The Kier molecular flexibility index (Phi) is 8.39. The average Bonchev–Trinajstić information content (AvgIpc) is 3.34. The number of nitrogens with zero attached hydrogens (tertiary/aromatic N) is 5. The molecule has 0 saturated carbocycles. The zero-order valence-electron chi connectivity index (χ0n) is 23.8. The molecule has 43 heavy (non-hydrogen) atoms. The SMILES string of the molecule is CNc1cc(-n2nc(C)cc2Nc2cc(NC(=O)Nc3cc(N4CCC(O)CC4)cc(C(F)(F)F)c3)ccc2C)ncn1. The van der Waals surface area contributed by atoms with Gasteiger partial charge in [-0.2, -0.15) is 23.0 Å². The minimum absolute atomic E-state index is 0.00377. The molecule has 1 fully saturated rings. The number of aryl methyl sites for hydroxylation is 2. The summed E-state index contributed by atoms with van der Waals surface area (Å²) >= 11 is 0. The lowest BCUT2D eigenvalue weighted by molar-refractivity contribution is -0.137. The molecule has 5 rings (SSSR count).